The van der Waals surface area contributed by atoms with Gasteiger partial charge in [-0.3, -0.25) is 4.57 Å². The van der Waals surface area contributed by atoms with E-state index in [4.69, 9.17) is 22.1 Å². The van der Waals surface area contributed by atoms with Gasteiger partial charge in [-0.25, -0.2) is 13.6 Å². The van der Waals surface area contributed by atoms with Crippen molar-refractivity contribution in [2.24, 2.45) is 0 Å². The summed E-state index contributed by atoms with van der Waals surface area (Å²) < 4.78 is 33.2. The third-order valence-corrected chi connectivity index (χ3v) is 3.61. The lowest BCUT2D eigenvalue weighted by Crippen LogP contribution is -2.45. The summed E-state index contributed by atoms with van der Waals surface area (Å²) in [4.78, 5) is 14.8. The van der Waals surface area contributed by atoms with E-state index in [-0.39, 0.29) is 5.03 Å². The molecule has 1 aliphatic heterocycles. The normalized spacial score (nSPS) is 32.3. The van der Waals surface area contributed by atoms with E-state index in [2.05, 4.69) is 11.6 Å². The predicted octanol–water partition coefficient (Wildman–Crippen LogP) is -0.324. The van der Waals surface area contributed by atoms with Gasteiger partial charge in [0, 0.05) is 5.03 Å². The van der Waals surface area contributed by atoms with E-state index < -0.39 is 48.0 Å². The van der Waals surface area contributed by atoms with E-state index >= 15 is 0 Å². The van der Waals surface area contributed by atoms with E-state index in [0.29, 0.717) is 10.8 Å². The van der Waals surface area contributed by atoms with Crippen LogP contribution in [0, 0.1) is 5.82 Å². The number of aliphatic hydroxyl groups excluding tert-OH is 2. The van der Waals surface area contributed by atoms with Crippen molar-refractivity contribution in [1.29, 1.82) is 0 Å². The SMILES string of the molecule is C=C(Cl)[C@]1(CO)O[C@@H](n2cc(F)c(N)nc2=O)[C@@H](F)[C@@H]1O. The molecule has 21 heavy (non-hydrogen) atoms. The molecule has 0 spiro atoms. The second-order valence-corrected chi connectivity index (χ2v) is 4.97. The zero-order chi connectivity index (χ0) is 15.9. The second kappa shape index (κ2) is 5.34. The standard InChI is InChI=1S/C11H12ClF2N3O4/c1-4(12)11(3-18)7(19)6(14)9(21-11)17-2-5(13)8(15)16-10(17)20/h2,6-7,9,18-19H,1,3H2,(H2,15,16,20)/t6-,7-,9+,11-/m0/s1. The first-order valence-electron chi connectivity index (χ1n) is 5.74. The minimum absolute atomic E-state index is 0.362. The molecule has 0 radical (unpaired) electrons. The summed E-state index contributed by atoms with van der Waals surface area (Å²) in [5.74, 6) is -1.72. The number of rotatable bonds is 3. The molecular weight excluding hydrogens is 312 g/mol. The molecule has 0 aliphatic carbocycles. The molecule has 1 aromatic heterocycles. The van der Waals surface area contributed by atoms with Crippen molar-refractivity contribution in [3.8, 4) is 0 Å². The molecular formula is C11H12ClF2N3O4. The molecule has 116 valence electrons. The van der Waals surface area contributed by atoms with Crippen molar-refractivity contribution < 1.29 is 23.7 Å². The molecule has 4 atom stereocenters. The molecule has 0 bridgehead atoms. The first-order chi connectivity index (χ1) is 9.74. The Labute approximate surface area is 122 Å². The van der Waals surface area contributed by atoms with Crippen molar-refractivity contribution in [2.75, 3.05) is 12.3 Å². The highest BCUT2D eigenvalue weighted by Gasteiger charge is 2.57. The van der Waals surface area contributed by atoms with Crippen LogP contribution in [0.2, 0.25) is 0 Å². The maximum atomic E-state index is 14.2. The lowest BCUT2D eigenvalue weighted by molar-refractivity contribution is -0.101. The van der Waals surface area contributed by atoms with Crippen LogP contribution in [0.25, 0.3) is 0 Å². The molecule has 0 unspecified atom stereocenters. The summed E-state index contributed by atoms with van der Waals surface area (Å²) in [6.45, 7) is 2.42. The van der Waals surface area contributed by atoms with Gasteiger partial charge in [-0.05, 0) is 0 Å². The Hall–Kier alpha value is -1.55. The number of hydrogen-bond acceptors (Lipinski definition) is 6. The topological polar surface area (TPSA) is 111 Å². The Balaban J connectivity index is 2.50. The monoisotopic (exact) mass is 323 g/mol. The highest BCUT2D eigenvalue weighted by Crippen LogP contribution is 2.43. The number of anilines is 1. The minimum atomic E-state index is -2.17. The highest BCUT2D eigenvalue weighted by molar-refractivity contribution is 6.30. The molecule has 0 aromatic carbocycles. The Kier molecular flexibility index (Phi) is 4.02. The van der Waals surface area contributed by atoms with Crippen LogP contribution in [0.4, 0.5) is 14.6 Å². The Morgan fingerprint density at radius 3 is 2.81 bits per heavy atom. The lowest BCUT2D eigenvalue weighted by Gasteiger charge is -2.28. The molecule has 0 amide bonds. The van der Waals surface area contributed by atoms with Crippen molar-refractivity contribution >= 4 is 17.4 Å². The summed E-state index contributed by atoms with van der Waals surface area (Å²) in [6.07, 6.45) is -5.21. The molecule has 1 aliphatic rings. The maximum absolute atomic E-state index is 14.2. The van der Waals surface area contributed by atoms with Crippen molar-refractivity contribution in [3.63, 3.8) is 0 Å². The van der Waals surface area contributed by atoms with Crippen LogP contribution in [0.15, 0.2) is 22.6 Å². The van der Waals surface area contributed by atoms with E-state index in [0.717, 1.165) is 0 Å². The smallest absolute Gasteiger partial charge is 0.351 e. The number of hydrogen-bond donors (Lipinski definition) is 3. The van der Waals surface area contributed by atoms with Crippen molar-refractivity contribution in [1.82, 2.24) is 9.55 Å². The van der Waals surface area contributed by atoms with Gasteiger partial charge in [0.1, 0.15) is 6.10 Å². The van der Waals surface area contributed by atoms with E-state index in [9.17, 15) is 23.8 Å². The fourth-order valence-electron chi connectivity index (χ4n) is 2.05. The first kappa shape index (κ1) is 15.8. The quantitative estimate of drug-likeness (QED) is 0.703. The number of halogens is 3. The van der Waals surface area contributed by atoms with E-state index in [1.807, 2.05) is 0 Å². The summed E-state index contributed by atoms with van der Waals surface area (Å²) >= 11 is 5.65. The van der Waals surface area contributed by atoms with Gasteiger partial charge in [-0.2, -0.15) is 4.98 Å². The third kappa shape index (κ3) is 2.31. The third-order valence-electron chi connectivity index (χ3n) is 3.29. The van der Waals surface area contributed by atoms with Crippen LogP contribution in [0.1, 0.15) is 6.23 Å². The van der Waals surface area contributed by atoms with Crippen LogP contribution < -0.4 is 11.4 Å². The number of nitrogens with zero attached hydrogens (tertiary/aromatic N) is 2. The van der Waals surface area contributed by atoms with Gasteiger partial charge in [-0.15, -0.1) is 0 Å². The Bertz CT molecular complexity index is 640. The molecule has 1 saturated heterocycles. The van der Waals surface area contributed by atoms with Gasteiger partial charge in [-0.1, -0.05) is 18.2 Å². The minimum Gasteiger partial charge on any atom is -0.393 e. The van der Waals surface area contributed by atoms with Crippen LogP contribution in [-0.2, 0) is 4.74 Å². The predicted molar refractivity (Wildman–Crippen MR) is 68.7 cm³/mol. The van der Waals surface area contributed by atoms with Gasteiger partial charge >= 0.3 is 5.69 Å². The number of alkyl halides is 1. The molecule has 1 aromatic rings. The van der Waals surface area contributed by atoms with Crippen molar-refractivity contribution in [2.45, 2.75) is 24.1 Å². The lowest BCUT2D eigenvalue weighted by atomic mass is 9.96. The molecule has 7 nitrogen and oxygen atoms in total. The number of nitrogen functional groups attached to an aromatic ring is 1. The molecule has 2 heterocycles. The summed E-state index contributed by atoms with van der Waals surface area (Å²) in [5.41, 5.74) is 2.03. The van der Waals surface area contributed by atoms with E-state index in [1.54, 1.807) is 0 Å². The number of aliphatic hydroxyl groups is 2. The highest BCUT2D eigenvalue weighted by atomic mass is 35.5. The van der Waals surface area contributed by atoms with Crippen molar-refractivity contribution in [3.05, 3.63) is 34.1 Å². The summed E-state index contributed by atoms with van der Waals surface area (Å²) in [5, 5.41) is 18.8. The maximum Gasteiger partial charge on any atom is 0.351 e. The van der Waals surface area contributed by atoms with Gasteiger partial charge < -0.3 is 20.7 Å². The average Bonchev–Trinajstić information content (AvgIpc) is 2.68. The van der Waals surface area contributed by atoms with Crippen LogP contribution in [0.3, 0.4) is 0 Å². The van der Waals surface area contributed by atoms with Crippen LogP contribution in [-0.4, -0.2) is 44.2 Å². The molecule has 2 rings (SSSR count). The Morgan fingerprint density at radius 1 is 1.71 bits per heavy atom. The molecule has 1 fully saturated rings. The molecule has 0 saturated carbocycles. The number of aromatic nitrogens is 2. The van der Waals surface area contributed by atoms with Gasteiger partial charge in [0.2, 0.25) is 0 Å². The van der Waals surface area contributed by atoms with Crippen LogP contribution in [0.5, 0.6) is 0 Å². The van der Waals surface area contributed by atoms with Gasteiger partial charge in [0.15, 0.2) is 29.6 Å². The first-order valence-corrected chi connectivity index (χ1v) is 6.12. The zero-order valence-corrected chi connectivity index (χ0v) is 11.3. The van der Waals surface area contributed by atoms with Gasteiger partial charge in [0.25, 0.3) is 0 Å². The van der Waals surface area contributed by atoms with Gasteiger partial charge in [0.05, 0.1) is 12.8 Å². The largest absolute Gasteiger partial charge is 0.393 e. The summed E-state index contributed by atoms with van der Waals surface area (Å²) in [7, 11) is 0. The van der Waals surface area contributed by atoms with E-state index in [1.165, 1.54) is 0 Å². The number of nitrogens with two attached hydrogens (primary N) is 1. The number of ether oxygens (including phenoxy) is 1. The average molecular weight is 324 g/mol. The summed E-state index contributed by atoms with van der Waals surface area (Å²) in [6, 6.07) is 0. The Morgan fingerprint density at radius 2 is 2.33 bits per heavy atom. The second-order valence-electron chi connectivity index (χ2n) is 4.51. The molecule has 4 N–H and O–H groups in total. The molecule has 10 heteroatoms. The van der Waals surface area contributed by atoms with Crippen LogP contribution >= 0.6 is 11.6 Å². The fourth-order valence-corrected chi connectivity index (χ4v) is 2.27. The fraction of sp³-hybridized carbons (Fsp3) is 0.455. The zero-order valence-electron chi connectivity index (χ0n) is 10.5.